The van der Waals surface area contributed by atoms with E-state index in [4.69, 9.17) is 4.52 Å². The van der Waals surface area contributed by atoms with Crippen LogP contribution in [0.3, 0.4) is 0 Å². The van der Waals surface area contributed by atoms with E-state index in [1.54, 1.807) is 0 Å². The van der Waals surface area contributed by atoms with Crippen LogP contribution >= 0.6 is 0 Å². The third-order valence-corrected chi connectivity index (χ3v) is 7.41. The number of carbonyl (C=O) groups excluding carboxylic acids is 1. The molecule has 162 valence electrons. The highest BCUT2D eigenvalue weighted by Crippen LogP contribution is 2.38. The van der Waals surface area contributed by atoms with Gasteiger partial charge in [-0.1, -0.05) is 19.0 Å². The van der Waals surface area contributed by atoms with Crippen LogP contribution in [0.5, 0.6) is 0 Å². The minimum absolute atomic E-state index is 0.0466. The Labute approximate surface area is 174 Å². The van der Waals surface area contributed by atoms with Crippen molar-refractivity contribution >= 4 is 15.9 Å². The van der Waals surface area contributed by atoms with E-state index in [2.05, 4.69) is 15.5 Å². The molecule has 1 atom stereocenters. The lowest BCUT2D eigenvalue weighted by atomic mass is 10.0. The molecule has 1 unspecified atom stereocenters. The number of carbonyl (C=O) groups is 1. The monoisotopic (exact) mass is 436 g/mol. The molecule has 1 aliphatic heterocycles. The van der Waals surface area contributed by atoms with Gasteiger partial charge in [-0.2, -0.15) is 9.29 Å². The van der Waals surface area contributed by atoms with Gasteiger partial charge < -0.3 is 9.84 Å². The predicted octanol–water partition coefficient (Wildman–Crippen LogP) is 3.00. The number of amides is 1. The highest BCUT2D eigenvalue weighted by atomic mass is 32.2. The zero-order valence-electron chi connectivity index (χ0n) is 17.0. The Kier molecular flexibility index (Phi) is 5.63. The molecule has 1 saturated heterocycles. The van der Waals surface area contributed by atoms with Gasteiger partial charge in [-0.3, -0.25) is 4.79 Å². The zero-order valence-corrected chi connectivity index (χ0v) is 17.8. The number of aromatic nitrogens is 2. The van der Waals surface area contributed by atoms with Crippen LogP contribution in [0.1, 0.15) is 73.6 Å². The second kappa shape index (κ2) is 8.07. The summed E-state index contributed by atoms with van der Waals surface area (Å²) in [5.74, 6) is -0.170. The fourth-order valence-electron chi connectivity index (χ4n) is 3.53. The van der Waals surface area contributed by atoms with E-state index in [0.29, 0.717) is 30.7 Å². The Hall–Kier alpha value is -2.33. The second-order valence-corrected chi connectivity index (χ2v) is 10.1. The molecule has 1 aromatic carbocycles. The number of nitrogens with zero attached hydrogens (tertiary/aromatic N) is 3. The van der Waals surface area contributed by atoms with Gasteiger partial charge in [-0.15, -0.1) is 0 Å². The lowest BCUT2D eigenvalue weighted by Crippen LogP contribution is -2.33. The molecule has 0 spiro atoms. The quantitative estimate of drug-likeness (QED) is 0.715. The van der Waals surface area contributed by atoms with Gasteiger partial charge >= 0.3 is 0 Å². The Morgan fingerprint density at radius 1 is 1.27 bits per heavy atom. The maximum absolute atomic E-state index is 14.4. The lowest BCUT2D eigenvalue weighted by Gasteiger charge is -2.19. The maximum Gasteiger partial charge on any atom is 0.251 e. The molecule has 2 fully saturated rings. The van der Waals surface area contributed by atoms with Crippen LogP contribution < -0.4 is 5.32 Å². The van der Waals surface area contributed by atoms with Crippen LogP contribution in [0.15, 0.2) is 27.6 Å². The van der Waals surface area contributed by atoms with E-state index >= 15 is 0 Å². The Balaban J connectivity index is 1.57. The van der Waals surface area contributed by atoms with Crippen molar-refractivity contribution in [2.75, 3.05) is 13.1 Å². The Bertz CT molecular complexity index is 1040. The number of benzene rings is 1. The molecule has 8 nitrogen and oxygen atoms in total. The molecule has 1 amide bonds. The average molecular weight is 437 g/mol. The first-order valence-electron chi connectivity index (χ1n) is 10.2. The van der Waals surface area contributed by atoms with Crippen LogP contribution in [-0.4, -0.2) is 41.9 Å². The summed E-state index contributed by atoms with van der Waals surface area (Å²) >= 11 is 0. The van der Waals surface area contributed by atoms with Gasteiger partial charge in [0.2, 0.25) is 15.9 Å². The molecule has 4 rings (SSSR count). The summed E-state index contributed by atoms with van der Waals surface area (Å²) in [6, 6.07) is 2.84. The van der Waals surface area contributed by atoms with Crippen molar-refractivity contribution in [3.05, 3.63) is 41.3 Å². The summed E-state index contributed by atoms with van der Waals surface area (Å²) in [5.41, 5.74) is 0.0572. The highest BCUT2D eigenvalue weighted by Gasteiger charge is 2.33. The first-order chi connectivity index (χ1) is 14.3. The predicted molar refractivity (Wildman–Crippen MR) is 106 cm³/mol. The summed E-state index contributed by atoms with van der Waals surface area (Å²) in [7, 11) is -3.98. The molecule has 1 aliphatic carbocycles. The van der Waals surface area contributed by atoms with Gasteiger partial charge in [-0.25, -0.2) is 12.8 Å². The van der Waals surface area contributed by atoms with Crippen molar-refractivity contribution in [2.24, 2.45) is 5.92 Å². The second-order valence-electron chi connectivity index (χ2n) is 8.22. The third kappa shape index (κ3) is 4.11. The molecule has 30 heavy (non-hydrogen) atoms. The minimum Gasteiger partial charge on any atom is -0.340 e. The standard InChI is InChI=1S/C20H25FN4O4S/c1-12(2)17(20-23-18(24-29-20)13-5-6-13)22-19(26)14-7-8-15(21)16(11-14)30(27,28)25-9-3-4-10-25/h7-8,11-13,17H,3-6,9-10H2,1-2H3,(H,22,26). The first kappa shape index (κ1) is 20.9. The number of hydrogen-bond acceptors (Lipinski definition) is 6. The van der Waals surface area contributed by atoms with Crippen LogP contribution in [-0.2, 0) is 10.0 Å². The lowest BCUT2D eigenvalue weighted by molar-refractivity contribution is 0.0913. The van der Waals surface area contributed by atoms with E-state index < -0.39 is 32.7 Å². The van der Waals surface area contributed by atoms with Crippen LogP contribution in [0, 0.1) is 11.7 Å². The summed E-state index contributed by atoms with van der Waals surface area (Å²) in [4.78, 5) is 16.8. The van der Waals surface area contributed by atoms with Gasteiger partial charge in [0.05, 0.1) is 0 Å². The summed E-state index contributed by atoms with van der Waals surface area (Å²) in [5, 5.41) is 6.82. The molecule has 1 saturated carbocycles. The summed E-state index contributed by atoms with van der Waals surface area (Å²) in [6.07, 6.45) is 3.54. The van der Waals surface area contributed by atoms with E-state index in [1.807, 2.05) is 13.8 Å². The van der Waals surface area contributed by atoms with E-state index in [9.17, 15) is 17.6 Å². The molecule has 2 aliphatic rings. The third-order valence-electron chi connectivity index (χ3n) is 5.50. The van der Waals surface area contributed by atoms with Gasteiger partial charge in [0.15, 0.2) is 5.82 Å². The van der Waals surface area contributed by atoms with Crippen molar-refractivity contribution in [3.8, 4) is 0 Å². The molecule has 2 aromatic rings. The van der Waals surface area contributed by atoms with Crippen molar-refractivity contribution in [1.29, 1.82) is 0 Å². The molecule has 10 heteroatoms. The van der Waals surface area contributed by atoms with E-state index in [1.165, 1.54) is 10.4 Å². The zero-order chi connectivity index (χ0) is 21.5. The average Bonchev–Trinajstić information content (AvgIpc) is 3.19. The molecule has 1 N–H and O–H groups in total. The highest BCUT2D eigenvalue weighted by molar-refractivity contribution is 7.89. The smallest absolute Gasteiger partial charge is 0.251 e. The molecule has 0 radical (unpaired) electrons. The van der Waals surface area contributed by atoms with Crippen LogP contribution in [0.4, 0.5) is 4.39 Å². The van der Waals surface area contributed by atoms with Gasteiger partial charge in [0.25, 0.3) is 5.91 Å². The first-order valence-corrected chi connectivity index (χ1v) is 11.7. The van der Waals surface area contributed by atoms with E-state index in [0.717, 1.165) is 37.8 Å². The SMILES string of the molecule is CC(C)C(NC(=O)c1ccc(F)c(S(=O)(=O)N2CCCC2)c1)c1nc(C2CC2)no1. The van der Waals surface area contributed by atoms with Gasteiger partial charge in [0.1, 0.15) is 16.8 Å². The number of sulfonamides is 1. The van der Waals surface area contributed by atoms with Gasteiger partial charge in [0, 0.05) is 24.6 Å². The number of hydrogen-bond donors (Lipinski definition) is 1. The van der Waals surface area contributed by atoms with Crippen LogP contribution in [0.2, 0.25) is 0 Å². The summed E-state index contributed by atoms with van der Waals surface area (Å²) < 4.78 is 46.5. The molecule has 1 aromatic heterocycles. The van der Waals surface area contributed by atoms with Crippen molar-refractivity contribution in [2.45, 2.75) is 56.4 Å². The van der Waals surface area contributed by atoms with E-state index in [-0.39, 0.29) is 11.5 Å². The number of rotatable bonds is 7. The maximum atomic E-state index is 14.4. The van der Waals surface area contributed by atoms with Crippen molar-refractivity contribution in [1.82, 2.24) is 19.8 Å². The fraction of sp³-hybridized carbons (Fsp3) is 0.550. The molecular formula is C20H25FN4O4S. The number of halogens is 1. The van der Waals surface area contributed by atoms with Crippen molar-refractivity contribution in [3.63, 3.8) is 0 Å². The topological polar surface area (TPSA) is 105 Å². The molecule has 2 heterocycles. The Morgan fingerprint density at radius 2 is 1.97 bits per heavy atom. The molecule has 0 bridgehead atoms. The largest absolute Gasteiger partial charge is 0.340 e. The summed E-state index contributed by atoms with van der Waals surface area (Å²) in [6.45, 7) is 4.52. The Morgan fingerprint density at radius 3 is 2.60 bits per heavy atom. The molecular weight excluding hydrogens is 411 g/mol. The fourth-order valence-corrected chi connectivity index (χ4v) is 5.14. The van der Waals surface area contributed by atoms with Crippen molar-refractivity contribution < 1.29 is 22.1 Å². The van der Waals surface area contributed by atoms with Crippen LogP contribution in [0.25, 0.3) is 0 Å². The van der Waals surface area contributed by atoms with Gasteiger partial charge in [-0.05, 0) is 49.8 Å². The normalized spacial score (nSPS) is 18.7. The minimum atomic E-state index is -3.98. The number of nitrogens with one attached hydrogen (secondary N) is 1.